The van der Waals surface area contributed by atoms with E-state index in [1.165, 1.54) is 57.8 Å². The van der Waals surface area contributed by atoms with E-state index in [4.69, 9.17) is 10.2 Å². The summed E-state index contributed by atoms with van der Waals surface area (Å²) < 4.78 is 0.844. The first-order valence-electron chi connectivity index (χ1n) is 10.1. The van der Waals surface area contributed by atoms with Crippen molar-refractivity contribution in [3.8, 4) is 0 Å². The van der Waals surface area contributed by atoms with Gasteiger partial charge < -0.3 is 14.7 Å². The van der Waals surface area contributed by atoms with Gasteiger partial charge in [0.25, 0.3) is 0 Å². The van der Waals surface area contributed by atoms with Gasteiger partial charge in [-0.3, -0.25) is 4.79 Å². The number of nitrogens with zero attached hydrogens (tertiary/aromatic N) is 1. The molecule has 0 aliphatic rings. The number of carbonyl (C=O) groups is 1. The van der Waals surface area contributed by atoms with E-state index in [1.807, 2.05) is 0 Å². The highest BCUT2D eigenvalue weighted by molar-refractivity contribution is 5.66. The molecule has 0 aliphatic heterocycles. The van der Waals surface area contributed by atoms with Gasteiger partial charge in [0.1, 0.15) is 6.54 Å². The second kappa shape index (κ2) is 19.5. The first kappa shape index (κ1) is 26.4. The molecule has 0 fully saturated rings. The number of carboxylic acids is 1. The van der Waals surface area contributed by atoms with Crippen molar-refractivity contribution in [3.63, 3.8) is 0 Å². The van der Waals surface area contributed by atoms with E-state index in [-0.39, 0.29) is 6.61 Å². The van der Waals surface area contributed by atoms with Crippen LogP contribution in [0, 0.1) is 0 Å². The number of carboxylic acid groups (broad SMARTS) is 1. The zero-order valence-electron chi connectivity index (χ0n) is 17.3. The summed E-state index contributed by atoms with van der Waals surface area (Å²) >= 11 is 0. The smallest absolute Gasteiger partial charge is 0.303 e. The first-order chi connectivity index (χ1) is 11.8. The average Bonchev–Trinajstić information content (AvgIpc) is 2.51. The zero-order valence-corrected chi connectivity index (χ0v) is 17.3. The Morgan fingerprint density at radius 3 is 1.72 bits per heavy atom. The third-order valence-electron chi connectivity index (χ3n) is 3.92. The van der Waals surface area contributed by atoms with Crippen molar-refractivity contribution in [1.82, 2.24) is 0 Å². The topological polar surface area (TPSA) is 57.5 Å². The average molecular weight is 359 g/mol. The van der Waals surface area contributed by atoms with E-state index in [0.29, 0.717) is 6.42 Å². The first-order valence-corrected chi connectivity index (χ1v) is 10.1. The van der Waals surface area contributed by atoms with E-state index in [1.54, 1.807) is 0 Å². The second-order valence-electron chi connectivity index (χ2n) is 7.76. The van der Waals surface area contributed by atoms with Crippen molar-refractivity contribution in [1.29, 1.82) is 0 Å². The number of quaternary nitrogens is 1. The molecule has 0 unspecified atom stereocenters. The number of likely N-dealkylation sites (N-methyl/N-ethyl adjacent to an activating group) is 1. The number of allylic oxidation sites excluding steroid dienone is 2. The van der Waals surface area contributed by atoms with Gasteiger partial charge in [-0.05, 0) is 32.1 Å². The minimum atomic E-state index is -0.666. The van der Waals surface area contributed by atoms with E-state index < -0.39 is 5.97 Å². The number of aliphatic hydroxyl groups excluding tert-OH is 1. The number of aliphatic carboxylic acids is 1. The fraction of sp³-hybridized carbons (Fsp3) is 0.857. The Morgan fingerprint density at radius 1 is 0.840 bits per heavy atom. The molecule has 25 heavy (non-hydrogen) atoms. The number of unbranched alkanes of at least 4 members (excludes halogenated alkanes) is 9. The molecule has 0 spiro atoms. The number of hydrogen-bond donors (Lipinski definition) is 2. The van der Waals surface area contributed by atoms with Crippen LogP contribution in [0.5, 0.6) is 0 Å². The molecule has 0 rings (SSSR count). The lowest BCUT2D eigenvalue weighted by Gasteiger charge is -2.21. The highest BCUT2D eigenvalue weighted by atomic mass is 16.4. The summed E-state index contributed by atoms with van der Waals surface area (Å²) in [6.07, 6.45) is 18.3. The van der Waals surface area contributed by atoms with Crippen LogP contribution in [0.15, 0.2) is 12.2 Å². The molecule has 0 atom stereocenters. The molecule has 0 saturated carbocycles. The van der Waals surface area contributed by atoms with Crippen LogP contribution in [0.2, 0.25) is 0 Å². The summed E-state index contributed by atoms with van der Waals surface area (Å²) in [7, 11) is 6.16. The molecule has 0 bridgehead atoms. The van der Waals surface area contributed by atoms with Gasteiger partial charge in [0, 0.05) is 6.42 Å². The number of hydrogen-bond acceptors (Lipinski definition) is 2. The van der Waals surface area contributed by atoms with Crippen molar-refractivity contribution >= 4 is 5.97 Å². The highest BCUT2D eigenvalue weighted by Crippen LogP contribution is 2.08. The lowest BCUT2D eigenvalue weighted by molar-refractivity contribution is -0.870. The zero-order chi connectivity index (χ0) is 19.4. The van der Waals surface area contributed by atoms with Gasteiger partial charge in [0.2, 0.25) is 0 Å². The number of rotatable bonds is 15. The molecule has 2 N–H and O–H groups in total. The number of aliphatic hydroxyl groups is 1. The monoisotopic (exact) mass is 358 g/mol. The normalized spacial score (nSPS) is 11.4. The maximum Gasteiger partial charge on any atom is 0.303 e. The Labute approximate surface area is 156 Å². The SMILES string of the molecule is CCCCCC/C=C\CCCCCCCC(=O)O.C[N+](C)(C)CCO. The summed E-state index contributed by atoms with van der Waals surface area (Å²) in [5.74, 6) is -0.666. The third-order valence-corrected chi connectivity index (χ3v) is 3.92. The Balaban J connectivity index is 0. The van der Waals surface area contributed by atoms with Crippen molar-refractivity contribution in [3.05, 3.63) is 12.2 Å². The van der Waals surface area contributed by atoms with Gasteiger partial charge in [-0.25, -0.2) is 0 Å². The van der Waals surface area contributed by atoms with Crippen molar-refractivity contribution in [2.24, 2.45) is 0 Å². The molecule has 0 aliphatic carbocycles. The molecule has 0 heterocycles. The van der Waals surface area contributed by atoms with Gasteiger partial charge in [0.15, 0.2) is 0 Å². The van der Waals surface area contributed by atoms with Gasteiger partial charge in [-0.1, -0.05) is 57.6 Å². The summed E-state index contributed by atoms with van der Waals surface area (Å²) in [4.78, 5) is 10.3. The van der Waals surface area contributed by atoms with Crippen LogP contribution in [-0.2, 0) is 4.79 Å². The fourth-order valence-electron chi connectivity index (χ4n) is 2.29. The van der Waals surface area contributed by atoms with Crippen LogP contribution in [0.25, 0.3) is 0 Å². The molecule has 0 aromatic rings. The standard InChI is InChI=1S/C16H30O2.C5H14NO/c1-2-3-4-5-6-7-8-9-10-11-12-13-14-15-16(17)18;1-6(2,3)4-5-7/h7-8H,2-6,9-15H2,1H3,(H,17,18);7H,4-5H2,1-3H3/q;+1/b8-7-;. The molecule has 150 valence electrons. The van der Waals surface area contributed by atoms with Gasteiger partial charge in [0.05, 0.1) is 27.7 Å². The summed E-state index contributed by atoms with van der Waals surface area (Å²) in [5.41, 5.74) is 0. The van der Waals surface area contributed by atoms with E-state index in [2.05, 4.69) is 40.2 Å². The van der Waals surface area contributed by atoms with Crippen molar-refractivity contribution in [2.45, 2.75) is 84.0 Å². The molecule has 4 heteroatoms. The molecule has 0 aromatic carbocycles. The van der Waals surface area contributed by atoms with Gasteiger partial charge >= 0.3 is 5.97 Å². The maximum absolute atomic E-state index is 10.3. The quantitative estimate of drug-likeness (QED) is 0.246. The van der Waals surface area contributed by atoms with Crippen molar-refractivity contribution in [2.75, 3.05) is 34.3 Å². The molecule has 0 radical (unpaired) electrons. The van der Waals surface area contributed by atoms with Crippen LogP contribution in [0.4, 0.5) is 0 Å². The summed E-state index contributed by atoms with van der Waals surface area (Å²) in [5, 5.41) is 16.9. The Bertz CT molecular complexity index is 309. The molecular weight excluding hydrogens is 314 g/mol. The Hall–Kier alpha value is -0.870. The summed E-state index contributed by atoms with van der Waals surface area (Å²) in [6.45, 7) is 3.36. The molecular formula is C21H44NO3+. The van der Waals surface area contributed by atoms with E-state index in [0.717, 1.165) is 23.9 Å². The van der Waals surface area contributed by atoms with Crippen LogP contribution in [0.3, 0.4) is 0 Å². The van der Waals surface area contributed by atoms with Crippen LogP contribution in [-0.4, -0.2) is 55.0 Å². The lowest BCUT2D eigenvalue weighted by Crippen LogP contribution is -2.36. The molecule has 0 amide bonds. The van der Waals surface area contributed by atoms with Gasteiger partial charge in [-0.2, -0.15) is 0 Å². The minimum Gasteiger partial charge on any atom is -0.481 e. The van der Waals surface area contributed by atoms with Crippen molar-refractivity contribution < 1.29 is 19.5 Å². The third kappa shape index (κ3) is 31.4. The molecule has 0 saturated heterocycles. The Morgan fingerprint density at radius 2 is 1.32 bits per heavy atom. The molecule has 0 aromatic heterocycles. The molecule has 4 nitrogen and oxygen atoms in total. The highest BCUT2D eigenvalue weighted by Gasteiger charge is 2.02. The predicted molar refractivity (Wildman–Crippen MR) is 108 cm³/mol. The van der Waals surface area contributed by atoms with E-state index in [9.17, 15) is 4.79 Å². The maximum atomic E-state index is 10.3. The van der Waals surface area contributed by atoms with Gasteiger partial charge in [-0.15, -0.1) is 0 Å². The van der Waals surface area contributed by atoms with Crippen LogP contribution >= 0.6 is 0 Å². The van der Waals surface area contributed by atoms with Crippen LogP contribution in [0.1, 0.15) is 84.0 Å². The predicted octanol–water partition coefficient (Wildman–Crippen LogP) is 5.01. The van der Waals surface area contributed by atoms with Crippen LogP contribution < -0.4 is 0 Å². The second-order valence-corrected chi connectivity index (χ2v) is 7.76. The fourth-order valence-corrected chi connectivity index (χ4v) is 2.29. The minimum absolute atomic E-state index is 0.281. The summed E-state index contributed by atoms with van der Waals surface area (Å²) in [6, 6.07) is 0. The Kier molecular flexibility index (Phi) is 20.5. The largest absolute Gasteiger partial charge is 0.481 e. The lowest BCUT2D eigenvalue weighted by atomic mass is 10.1. The van der Waals surface area contributed by atoms with E-state index >= 15 is 0 Å².